The van der Waals surface area contributed by atoms with E-state index in [1.165, 1.54) is 13.3 Å². The number of aliphatic hydroxyl groups is 1. The van der Waals surface area contributed by atoms with Crippen LogP contribution in [-0.2, 0) is 17.1 Å². The first-order valence-corrected chi connectivity index (χ1v) is 14.9. The highest BCUT2D eigenvalue weighted by molar-refractivity contribution is 6.30. The molecule has 2 unspecified atom stereocenters. The monoisotopic (exact) mass is 621 g/mol. The number of amides is 1. The van der Waals surface area contributed by atoms with E-state index in [0.717, 1.165) is 18.4 Å². The van der Waals surface area contributed by atoms with Gasteiger partial charge in [-0.25, -0.2) is 14.4 Å². The number of aromatic nitrogens is 3. The number of hydroxylamine groups is 2. The Bertz CT molecular complexity index is 1610. The summed E-state index contributed by atoms with van der Waals surface area (Å²) in [5.41, 5.74) is 2.77. The summed E-state index contributed by atoms with van der Waals surface area (Å²) in [4.78, 5) is 34.3. The summed E-state index contributed by atoms with van der Waals surface area (Å²) in [5.74, 6) is -2.83. The molecule has 1 saturated heterocycles. The maximum atomic E-state index is 17.9. The molecule has 2 aromatic carbocycles. The van der Waals surface area contributed by atoms with Crippen molar-refractivity contribution in [2.45, 2.75) is 50.0 Å². The molecule has 0 aliphatic carbocycles. The van der Waals surface area contributed by atoms with Crippen LogP contribution in [0.5, 0.6) is 0 Å². The van der Waals surface area contributed by atoms with E-state index in [2.05, 4.69) is 15.0 Å². The summed E-state index contributed by atoms with van der Waals surface area (Å²) >= 11 is 12.3. The molecule has 0 bridgehead atoms. The predicted molar refractivity (Wildman–Crippen MR) is 163 cm³/mol. The van der Waals surface area contributed by atoms with Crippen molar-refractivity contribution >= 4 is 35.1 Å². The van der Waals surface area contributed by atoms with Crippen LogP contribution in [0.2, 0.25) is 10.0 Å². The molecule has 1 N–H and O–H groups in total. The number of alkyl halides is 1. The first kappa shape index (κ1) is 29.4. The SMILES string of the molecule is CON1C(=O)c2ccc(-c3ccc(Cl)cc3)c(Cc3ccc(Cl)cn3)c2[C@@]1(F)C(O)CC1CCCCN1c1ncccn1. The number of carbonyl (C=O) groups is 1. The van der Waals surface area contributed by atoms with Gasteiger partial charge in [0.15, 0.2) is 0 Å². The highest BCUT2D eigenvalue weighted by Gasteiger charge is 2.58. The molecule has 8 nitrogen and oxygen atoms in total. The summed E-state index contributed by atoms with van der Waals surface area (Å²) in [7, 11) is 1.23. The van der Waals surface area contributed by atoms with E-state index in [4.69, 9.17) is 28.0 Å². The molecule has 2 aromatic heterocycles. The van der Waals surface area contributed by atoms with Gasteiger partial charge in [-0.1, -0.05) is 41.4 Å². The largest absolute Gasteiger partial charge is 0.387 e. The first-order valence-electron chi connectivity index (χ1n) is 14.1. The van der Waals surface area contributed by atoms with Gasteiger partial charge >= 0.3 is 0 Å². The fourth-order valence-corrected chi connectivity index (χ4v) is 6.48. The molecule has 0 spiro atoms. The first-order chi connectivity index (χ1) is 20.8. The number of pyridine rings is 1. The number of benzene rings is 2. The summed E-state index contributed by atoms with van der Waals surface area (Å²) in [6.45, 7) is 0.679. The number of fused-ring (bicyclic) bond motifs is 1. The zero-order valence-electron chi connectivity index (χ0n) is 23.5. The fraction of sp³-hybridized carbons (Fsp3) is 0.312. The lowest BCUT2D eigenvalue weighted by Crippen LogP contribution is -2.52. The Hall–Kier alpha value is -3.63. The van der Waals surface area contributed by atoms with Crippen LogP contribution in [0.25, 0.3) is 11.1 Å². The summed E-state index contributed by atoms with van der Waals surface area (Å²) in [5, 5.41) is 13.5. The standard InChI is InChI=1S/C32H30Cl2FN5O3/c1-43-40-30(42)26-13-12-25(20-6-8-21(33)9-7-20)27(17-23-11-10-22(34)19-38-23)29(26)32(40,35)28(41)18-24-5-2-3-16-39(24)31-36-14-4-15-37-31/h4,6-15,19,24,28,41H,2-3,5,16-18H2,1H3/t24?,28?,32-/m1/s1. The van der Waals surface area contributed by atoms with E-state index in [9.17, 15) is 9.90 Å². The van der Waals surface area contributed by atoms with Gasteiger partial charge < -0.3 is 10.0 Å². The molecule has 0 radical (unpaired) electrons. The second-order valence-corrected chi connectivity index (χ2v) is 11.6. The molecule has 43 heavy (non-hydrogen) atoms. The minimum Gasteiger partial charge on any atom is -0.387 e. The van der Waals surface area contributed by atoms with Gasteiger partial charge in [0.1, 0.15) is 6.10 Å². The maximum absolute atomic E-state index is 17.9. The predicted octanol–water partition coefficient (Wildman–Crippen LogP) is 6.39. The van der Waals surface area contributed by atoms with Gasteiger partial charge in [0.05, 0.1) is 17.7 Å². The number of hydrogen-bond donors (Lipinski definition) is 1. The molecule has 4 aromatic rings. The number of hydrogen-bond acceptors (Lipinski definition) is 7. The highest BCUT2D eigenvalue weighted by Crippen LogP contribution is 2.49. The van der Waals surface area contributed by atoms with Crippen molar-refractivity contribution in [3.63, 3.8) is 0 Å². The van der Waals surface area contributed by atoms with E-state index in [1.54, 1.807) is 54.9 Å². The van der Waals surface area contributed by atoms with Crippen molar-refractivity contribution in [3.8, 4) is 11.1 Å². The van der Waals surface area contributed by atoms with Crippen molar-refractivity contribution < 1.29 is 19.1 Å². The van der Waals surface area contributed by atoms with Gasteiger partial charge in [-0.3, -0.25) is 14.6 Å². The van der Waals surface area contributed by atoms with Gasteiger partial charge in [0.2, 0.25) is 5.95 Å². The lowest BCUT2D eigenvalue weighted by molar-refractivity contribution is -0.247. The number of piperidine rings is 1. The average molecular weight is 623 g/mol. The molecule has 0 saturated carbocycles. The van der Waals surface area contributed by atoms with Gasteiger partial charge in [-0.2, -0.15) is 5.06 Å². The van der Waals surface area contributed by atoms with E-state index in [0.29, 0.717) is 50.8 Å². The number of anilines is 1. The molecule has 2 aliphatic rings. The third kappa shape index (κ3) is 5.47. The third-order valence-corrected chi connectivity index (χ3v) is 8.71. The van der Waals surface area contributed by atoms with Crippen molar-refractivity contribution in [1.82, 2.24) is 20.0 Å². The van der Waals surface area contributed by atoms with Crippen LogP contribution >= 0.6 is 23.2 Å². The number of halogens is 3. The third-order valence-electron chi connectivity index (χ3n) is 8.23. The Balaban J connectivity index is 1.47. The van der Waals surface area contributed by atoms with Crippen LogP contribution in [0.1, 0.15) is 52.9 Å². The number of aliphatic hydroxyl groups excluding tert-OH is 1. The molecule has 11 heteroatoms. The smallest absolute Gasteiger partial charge is 0.281 e. The van der Waals surface area contributed by atoms with Crippen LogP contribution in [0, 0.1) is 0 Å². The lowest BCUT2D eigenvalue weighted by atomic mass is 9.83. The van der Waals surface area contributed by atoms with Crippen molar-refractivity contribution in [2.75, 3.05) is 18.6 Å². The second-order valence-electron chi connectivity index (χ2n) is 10.8. The Morgan fingerprint density at radius 1 is 1.02 bits per heavy atom. The van der Waals surface area contributed by atoms with Crippen LogP contribution in [-0.4, -0.2) is 56.8 Å². The minimum atomic E-state index is -2.69. The molecule has 4 heterocycles. The van der Waals surface area contributed by atoms with E-state index in [1.807, 2.05) is 17.0 Å². The minimum absolute atomic E-state index is 0.0190. The number of nitrogens with zero attached hydrogens (tertiary/aromatic N) is 5. The van der Waals surface area contributed by atoms with Gasteiger partial charge in [-0.05, 0) is 78.8 Å². The fourth-order valence-electron chi connectivity index (χ4n) is 6.24. The Morgan fingerprint density at radius 3 is 2.44 bits per heavy atom. The molecular formula is C32H30Cl2FN5O3. The van der Waals surface area contributed by atoms with E-state index >= 15 is 4.39 Å². The maximum Gasteiger partial charge on any atom is 0.281 e. The zero-order chi connectivity index (χ0) is 30.1. The normalized spacial score (nSPS) is 20.8. The number of rotatable bonds is 8. The average Bonchev–Trinajstić information content (AvgIpc) is 3.26. The summed E-state index contributed by atoms with van der Waals surface area (Å²) < 4.78 is 17.9. The van der Waals surface area contributed by atoms with Gasteiger partial charge in [-0.15, -0.1) is 0 Å². The molecule has 1 fully saturated rings. The van der Waals surface area contributed by atoms with Gasteiger partial charge in [0, 0.05) is 53.9 Å². The molecule has 3 atom stereocenters. The summed E-state index contributed by atoms with van der Waals surface area (Å²) in [6.07, 6.45) is 5.96. The zero-order valence-corrected chi connectivity index (χ0v) is 25.0. The van der Waals surface area contributed by atoms with Gasteiger partial charge in [0.25, 0.3) is 11.7 Å². The Morgan fingerprint density at radius 2 is 1.74 bits per heavy atom. The van der Waals surface area contributed by atoms with Crippen molar-refractivity contribution in [2.24, 2.45) is 0 Å². The molecule has 1 amide bonds. The topological polar surface area (TPSA) is 91.7 Å². The summed E-state index contributed by atoms with van der Waals surface area (Å²) in [6, 6.07) is 15.5. The molecule has 6 rings (SSSR count). The second kappa shape index (κ2) is 12.2. The number of carbonyl (C=O) groups excluding carboxylic acids is 1. The Labute approximate surface area is 259 Å². The molecule has 2 aliphatic heterocycles. The van der Waals surface area contributed by atoms with Crippen molar-refractivity contribution in [3.05, 3.63) is 106 Å². The molecular weight excluding hydrogens is 592 g/mol. The quantitative estimate of drug-likeness (QED) is 0.228. The van der Waals surface area contributed by atoms with E-state index < -0.39 is 17.8 Å². The van der Waals surface area contributed by atoms with E-state index in [-0.39, 0.29) is 30.0 Å². The van der Waals surface area contributed by atoms with Crippen molar-refractivity contribution in [1.29, 1.82) is 0 Å². The van der Waals surface area contributed by atoms with Crippen LogP contribution in [0.15, 0.2) is 73.2 Å². The van der Waals surface area contributed by atoms with Crippen LogP contribution < -0.4 is 4.90 Å². The Kier molecular flexibility index (Phi) is 8.33. The lowest BCUT2D eigenvalue weighted by Gasteiger charge is -2.40. The van der Waals surface area contributed by atoms with Crippen LogP contribution in [0.4, 0.5) is 10.3 Å². The highest BCUT2D eigenvalue weighted by atomic mass is 35.5. The van der Waals surface area contributed by atoms with Crippen LogP contribution in [0.3, 0.4) is 0 Å². The molecule has 222 valence electrons.